The van der Waals surface area contributed by atoms with E-state index in [9.17, 15) is 26.7 Å². The maximum absolute atomic E-state index is 14.9. The first-order valence-electron chi connectivity index (χ1n) is 12.5. The molecule has 0 aromatic heterocycles. The maximum Gasteiger partial charge on any atom is 0.338 e. The number of ether oxygens (including phenoxy) is 2. The van der Waals surface area contributed by atoms with E-state index in [1.54, 1.807) is 6.08 Å². The lowest BCUT2D eigenvalue weighted by Gasteiger charge is -2.23. The minimum Gasteiger partial charge on any atom is -0.490 e. The number of hydrogen-bond acceptors (Lipinski definition) is 3. The summed E-state index contributed by atoms with van der Waals surface area (Å²) in [4.78, 5) is 12.6. The summed E-state index contributed by atoms with van der Waals surface area (Å²) in [5.41, 5.74) is 0.421. The van der Waals surface area contributed by atoms with Crippen LogP contribution in [-0.2, 0) is 4.74 Å². The second kappa shape index (κ2) is 11.8. The molecular formula is C30H27F5O3. The van der Waals surface area contributed by atoms with Crippen molar-refractivity contribution in [3.8, 4) is 16.9 Å². The number of hydrogen-bond donors (Lipinski definition) is 0. The van der Waals surface area contributed by atoms with Crippen molar-refractivity contribution in [3.63, 3.8) is 0 Å². The molecule has 0 bridgehead atoms. The van der Waals surface area contributed by atoms with E-state index in [1.165, 1.54) is 43.3 Å². The number of benzene rings is 3. The molecule has 0 heterocycles. The third-order valence-electron chi connectivity index (χ3n) is 6.56. The van der Waals surface area contributed by atoms with Gasteiger partial charge in [0.1, 0.15) is 11.9 Å². The molecular weight excluding hydrogens is 503 g/mol. The van der Waals surface area contributed by atoms with Gasteiger partial charge in [0, 0.05) is 23.1 Å². The molecule has 1 aliphatic rings. The van der Waals surface area contributed by atoms with E-state index in [-0.39, 0.29) is 46.6 Å². The summed E-state index contributed by atoms with van der Waals surface area (Å²) in [5, 5.41) is 0. The Bertz CT molecular complexity index is 1380. The Labute approximate surface area is 217 Å². The van der Waals surface area contributed by atoms with Gasteiger partial charge in [0.25, 0.3) is 0 Å². The molecule has 0 N–H and O–H groups in total. The molecule has 0 saturated carbocycles. The second-order valence-electron chi connectivity index (χ2n) is 9.22. The Morgan fingerprint density at radius 1 is 0.895 bits per heavy atom. The van der Waals surface area contributed by atoms with Gasteiger partial charge >= 0.3 is 5.97 Å². The van der Waals surface area contributed by atoms with Gasteiger partial charge in [0.15, 0.2) is 23.2 Å². The molecule has 3 nitrogen and oxygen atoms in total. The molecule has 0 spiro atoms. The van der Waals surface area contributed by atoms with Gasteiger partial charge in [0.05, 0.1) is 12.2 Å². The van der Waals surface area contributed by atoms with Gasteiger partial charge in [-0.3, -0.25) is 0 Å². The highest BCUT2D eigenvalue weighted by Gasteiger charge is 2.24. The first-order chi connectivity index (χ1) is 18.2. The SMILES string of the molecule is CCCCOc1ccc(-c2ccc(C(=O)OC3CC=C(c4ccc(C)c(F)c4F)CC3)cc2F)c(F)c1F. The van der Waals surface area contributed by atoms with Crippen LogP contribution in [0.25, 0.3) is 16.7 Å². The van der Waals surface area contributed by atoms with E-state index in [4.69, 9.17) is 9.47 Å². The zero-order valence-corrected chi connectivity index (χ0v) is 21.1. The number of aryl methyl sites for hydroxylation is 1. The highest BCUT2D eigenvalue weighted by Crippen LogP contribution is 2.34. The van der Waals surface area contributed by atoms with Crippen LogP contribution in [0.15, 0.2) is 48.5 Å². The number of allylic oxidation sites excluding steroid dienone is 1. The van der Waals surface area contributed by atoms with Gasteiger partial charge in [-0.2, -0.15) is 4.39 Å². The van der Waals surface area contributed by atoms with Crippen LogP contribution in [0.1, 0.15) is 60.5 Å². The predicted octanol–water partition coefficient (Wildman–Crippen LogP) is 8.33. The lowest BCUT2D eigenvalue weighted by Crippen LogP contribution is -2.20. The summed E-state index contributed by atoms with van der Waals surface area (Å²) < 4.78 is 82.9. The van der Waals surface area contributed by atoms with E-state index in [1.807, 2.05) is 6.92 Å². The van der Waals surface area contributed by atoms with Crippen molar-refractivity contribution in [2.24, 2.45) is 0 Å². The molecule has 3 aromatic carbocycles. The third-order valence-corrected chi connectivity index (χ3v) is 6.56. The maximum atomic E-state index is 14.9. The fourth-order valence-corrected chi connectivity index (χ4v) is 4.31. The van der Waals surface area contributed by atoms with Crippen LogP contribution in [-0.4, -0.2) is 18.7 Å². The van der Waals surface area contributed by atoms with Crippen LogP contribution in [0.2, 0.25) is 0 Å². The molecule has 4 rings (SSSR count). The molecule has 1 unspecified atom stereocenters. The van der Waals surface area contributed by atoms with Gasteiger partial charge in [-0.05, 0) is 61.6 Å². The highest BCUT2D eigenvalue weighted by molar-refractivity contribution is 5.90. The number of halogens is 5. The number of rotatable bonds is 8. The lowest BCUT2D eigenvalue weighted by molar-refractivity contribution is 0.0284. The molecule has 0 fully saturated rings. The summed E-state index contributed by atoms with van der Waals surface area (Å²) in [7, 11) is 0. The second-order valence-corrected chi connectivity index (χ2v) is 9.22. The molecule has 0 aliphatic heterocycles. The molecule has 8 heteroatoms. The topological polar surface area (TPSA) is 35.5 Å². The average Bonchev–Trinajstić information content (AvgIpc) is 2.91. The Kier molecular flexibility index (Phi) is 8.49. The standard InChI is InChI=1S/C30H27F5O3/c1-3-4-15-37-25-14-13-23(28(34)29(25)35)22-12-8-19(16-24(22)31)30(36)38-20-9-6-18(7-10-20)21-11-5-17(2)26(32)27(21)33/h5-6,8,11-14,16,20H,3-4,7,9-10,15H2,1-2H3. The van der Waals surface area contributed by atoms with Gasteiger partial charge in [0.2, 0.25) is 5.82 Å². The van der Waals surface area contributed by atoms with Crippen LogP contribution >= 0.6 is 0 Å². The largest absolute Gasteiger partial charge is 0.490 e. The predicted molar refractivity (Wildman–Crippen MR) is 134 cm³/mol. The minimum absolute atomic E-state index is 0.0897. The van der Waals surface area contributed by atoms with E-state index < -0.39 is 41.2 Å². The van der Waals surface area contributed by atoms with Crippen molar-refractivity contribution in [1.29, 1.82) is 0 Å². The fourth-order valence-electron chi connectivity index (χ4n) is 4.31. The molecule has 0 radical (unpaired) electrons. The monoisotopic (exact) mass is 530 g/mol. The molecule has 38 heavy (non-hydrogen) atoms. The molecule has 0 amide bonds. The third kappa shape index (κ3) is 5.74. The zero-order chi connectivity index (χ0) is 27.4. The Hall–Kier alpha value is -3.68. The van der Waals surface area contributed by atoms with Gasteiger partial charge in [-0.25, -0.2) is 22.4 Å². The van der Waals surface area contributed by atoms with Gasteiger partial charge < -0.3 is 9.47 Å². The van der Waals surface area contributed by atoms with Crippen LogP contribution in [0.3, 0.4) is 0 Å². The van der Waals surface area contributed by atoms with Crippen molar-refractivity contribution in [2.45, 2.75) is 52.1 Å². The number of unbranched alkanes of at least 4 members (excludes halogenated alkanes) is 1. The van der Waals surface area contributed by atoms with Crippen molar-refractivity contribution >= 4 is 11.5 Å². The molecule has 3 aromatic rings. The Morgan fingerprint density at radius 3 is 2.29 bits per heavy atom. The quantitative estimate of drug-likeness (QED) is 0.167. The van der Waals surface area contributed by atoms with Gasteiger partial charge in [-0.1, -0.05) is 37.6 Å². The molecule has 200 valence electrons. The van der Waals surface area contributed by atoms with Crippen molar-refractivity contribution in [1.82, 2.24) is 0 Å². The minimum atomic E-state index is -1.25. The van der Waals surface area contributed by atoms with E-state index >= 15 is 0 Å². The lowest BCUT2D eigenvalue weighted by atomic mass is 9.91. The first kappa shape index (κ1) is 27.4. The van der Waals surface area contributed by atoms with Crippen molar-refractivity contribution in [3.05, 3.63) is 94.3 Å². The summed E-state index contributed by atoms with van der Waals surface area (Å²) in [6.45, 7) is 3.65. The summed E-state index contributed by atoms with van der Waals surface area (Å²) >= 11 is 0. The zero-order valence-electron chi connectivity index (χ0n) is 21.1. The van der Waals surface area contributed by atoms with Gasteiger partial charge in [-0.15, -0.1) is 0 Å². The van der Waals surface area contributed by atoms with Crippen molar-refractivity contribution in [2.75, 3.05) is 6.61 Å². The van der Waals surface area contributed by atoms with Crippen molar-refractivity contribution < 1.29 is 36.2 Å². The van der Waals surface area contributed by atoms with Crippen LogP contribution in [0.4, 0.5) is 22.0 Å². The average molecular weight is 531 g/mol. The smallest absolute Gasteiger partial charge is 0.338 e. The summed E-state index contributed by atoms with van der Waals surface area (Å²) in [6.07, 6.45) is 3.71. The van der Waals surface area contributed by atoms with Crippen LogP contribution in [0, 0.1) is 36.0 Å². The van der Waals surface area contributed by atoms with E-state index in [0.29, 0.717) is 24.8 Å². The molecule has 1 aliphatic carbocycles. The van der Waals surface area contributed by atoms with Crippen LogP contribution < -0.4 is 4.74 Å². The van der Waals surface area contributed by atoms with Crippen LogP contribution in [0.5, 0.6) is 5.75 Å². The van der Waals surface area contributed by atoms with E-state index in [0.717, 1.165) is 12.5 Å². The molecule has 0 saturated heterocycles. The summed E-state index contributed by atoms with van der Waals surface area (Å²) in [6, 6.07) is 8.88. The molecule has 1 atom stereocenters. The summed E-state index contributed by atoms with van der Waals surface area (Å²) in [5.74, 6) is -6.20. The number of carbonyl (C=O) groups excluding carboxylic acids is 1. The Morgan fingerprint density at radius 2 is 1.61 bits per heavy atom. The first-order valence-corrected chi connectivity index (χ1v) is 12.5. The Balaban J connectivity index is 1.44. The number of esters is 1. The van der Waals surface area contributed by atoms with E-state index in [2.05, 4.69) is 0 Å². The number of carbonyl (C=O) groups is 1. The normalized spacial score (nSPS) is 15.2. The highest BCUT2D eigenvalue weighted by atomic mass is 19.2. The fraction of sp³-hybridized carbons (Fsp3) is 0.300.